The number of nitrogens with one attached hydrogen (secondary N) is 1. The molecule has 1 atom stereocenters. The predicted octanol–water partition coefficient (Wildman–Crippen LogP) is 2.86. The highest BCUT2D eigenvalue weighted by Crippen LogP contribution is 2.16. The smallest absolute Gasteiger partial charge is 0.375 e. The van der Waals surface area contributed by atoms with Crippen LogP contribution in [0.5, 0.6) is 5.75 Å². The standard InChI is InChI=1S/C21H23BN2O4/c1-21(2,3)24-19(25)18(23-14-27-22)13-15-9-11-17(12-10-15)28-20(26)16-7-5-4-6-8-16/h4-12,14,18H,13H2,1-3H3,(H,24,25). The van der Waals surface area contributed by atoms with E-state index < -0.39 is 12.0 Å². The Bertz CT molecular complexity index is 815. The van der Waals surface area contributed by atoms with Gasteiger partial charge in [0, 0.05) is 12.0 Å². The fourth-order valence-electron chi connectivity index (χ4n) is 2.43. The van der Waals surface area contributed by atoms with Crippen molar-refractivity contribution in [2.75, 3.05) is 0 Å². The lowest BCUT2D eigenvalue weighted by Gasteiger charge is -2.23. The summed E-state index contributed by atoms with van der Waals surface area (Å²) in [7, 11) is 4.98. The second-order valence-corrected chi connectivity index (χ2v) is 7.25. The van der Waals surface area contributed by atoms with Crippen molar-refractivity contribution < 1.29 is 19.0 Å². The van der Waals surface area contributed by atoms with E-state index in [0.717, 1.165) is 12.0 Å². The molecule has 0 aliphatic heterocycles. The van der Waals surface area contributed by atoms with Crippen molar-refractivity contribution in [2.24, 2.45) is 4.99 Å². The van der Waals surface area contributed by atoms with Crippen LogP contribution in [0, 0.1) is 0 Å². The van der Waals surface area contributed by atoms with E-state index in [0.29, 0.717) is 17.7 Å². The highest BCUT2D eigenvalue weighted by atomic mass is 16.5. The zero-order chi connectivity index (χ0) is 20.6. The van der Waals surface area contributed by atoms with E-state index in [1.165, 1.54) is 0 Å². The number of amides is 1. The maximum Gasteiger partial charge on any atom is 0.375 e. The third-order valence-corrected chi connectivity index (χ3v) is 3.67. The molecule has 0 saturated carbocycles. The maximum absolute atomic E-state index is 12.4. The molecule has 2 aromatic carbocycles. The van der Waals surface area contributed by atoms with Crippen LogP contribution in [0.4, 0.5) is 0 Å². The normalized spacial score (nSPS) is 12.4. The van der Waals surface area contributed by atoms with Crippen LogP contribution in [0.15, 0.2) is 59.6 Å². The number of ether oxygens (including phenoxy) is 1. The van der Waals surface area contributed by atoms with Gasteiger partial charge in [-0.05, 0) is 50.6 Å². The first-order chi connectivity index (χ1) is 13.3. The Morgan fingerprint density at radius 1 is 1.11 bits per heavy atom. The Morgan fingerprint density at radius 2 is 1.75 bits per heavy atom. The summed E-state index contributed by atoms with van der Waals surface area (Å²) >= 11 is 0. The largest absolute Gasteiger partial charge is 0.560 e. The van der Waals surface area contributed by atoms with Crippen molar-refractivity contribution in [1.82, 2.24) is 5.32 Å². The van der Waals surface area contributed by atoms with Crippen LogP contribution in [0.2, 0.25) is 0 Å². The molecule has 2 radical (unpaired) electrons. The Morgan fingerprint density at radius 3 is 2.32 bits per heavy atom. The van der Waals surface area contributed by atoms with Gasteiger partial charge in [-0.2, -0.15) is 0 Å². The third-order valence-electron chi connectivity index (χ3n) is 3.67. The second kappa shape index (κ2) is 9.74. The summed E-state index contributed by atoms with van der Waals surface area (Å²) < 4.78 is 9.72. The first-order valence-corrected chi connectivity index (χ1v) is 8.84. The molecule has 144 valence electrons. The molecule has 1 N–H and O–H groups in total. The lowest BCUT2D eigenvalue weighted by molar-refractivity contribution is -0.123. The molecule has 2 rings (SSSR count). The van der Waals surface area contributed by atoms with Gasteiger partial charge in [-0.25, -0.2) is 9.79 Å². The average Bonchev–Trinajstić information content (AvgIpc) is 2.65. The zero-order valence-corrected chi connectivity index (χ0v) is 16.2. The van der Waals surface area contributed by atoms with E-state index in [-0.39, 0.29) is 11.4 Å². The number of hydrogen-bond donors (Lipinski definition) is 1. The first-order valence-electron chi connectivity index (χ1n) is 8.84. The molecular formula is C21H23BN2O4. The molecule has 1 unspecified atom stereocenters. The minimum absolute atomic E-state index is 0.236. The summed E-state index contributed by atoms with van der Waals surface area (Å²) in [5, 5.41) is 2.89. The lowest BCUT2D eigenvalue weighted by atomic mass is 10.0. The summed E-state index contributed by atoms with van der Waals surface area (Å²) in [6.07, 6.45) is 1.39. The zero-order valence-electron chi connectivity index (χ0n) is 16.2. The minimum Gasteiger partial charge on any atom is -0.560 e. The summed E-state index contributed by atoms with van der Waals surface area (Å²) in [6.45, 7) is 5.67. The van der Waals surface area contributed by atoms with Gasteiger partial charge in [0.2, 0.25) is 5.91 Å². The Kier molecular flexibility index (Phi) is 7.38. The molecule has 7 heteroatoms. The van der Waals surface area contributed by atoms with Gasteiger partial charge >= 0.3 is 14.0 Å². The van der Waals surface area contributed by atoms with Crippen molar-refractivity contribution in [3.05, 3.63) is 65.7 Å². The molecule has 0 aromatic heterocycles. The maximum atomic E-state index is 12.4. The number of benzene rings is 2. The highest BCUT2D eigenvalue weighted by molar-refractivity contribution is 6.02. The van der Waals surface area contributed by atoms with Gasteiger partial charge in [0.1, 0.15) is 11.8 Å². The lowest BCUT2D eigenvalue weighted by Crippen LogP contribution is -2.46. The molecule has 0 fully saturated rings. The van der Waals surface area contributed by atoms with Crippen LogP contribution < -0.4 is 10.1 Å². The van der Waals surface area contributed by atoms with Crippen molar-refractivity contribution >= 4 is 26.3 Å². The SMILES string of the molecule is [B]OC=NC(Cc1ccc(OC(=O)c2ccccc2)cc1)C(=O)NC(C)(C)C. The fraction of sp³-hybridized carbons (Fsp3) is 0.286. The summed E-state index contributed by atoms with van der Waals surface area (Å²) in [6, 6.07) is 15.0. The van der Waals surface area contributed by atoms with Gasteiger partial charge in [0.25, 0.3) is 0 Å². The van der Waals surface area contributed by atoms with Gasteiger partial charge in [-0.15, -0.1) is 0 Å². The van der Waals surface area contributed by atoms with E-state index in [1.807, 2.05) is 26.8 Å². The number of esters is 1. The van der Waals surface area contributed by atoms with Crippen LogP contribution in [0.3, 0.4) is 0 Å². The topological polar surface area (TPSA) is 77.0 Å². The van der Waals surface area contributed by atoms with E-state index in [9.17, 15) is 9.59 Å². The summed E-state index contributed by atoms with van der Waals surface area (Å²) in [5.41, 5.74) is 0.938. The quantitative estimate of drug-likeness (QED) is 0.264. The van der Waals surface area contributed by atoms with Crippen LogP contribution in [-0.2, 0) is 15.9 Å². The van der Waals surface area contributed by atoms with Gasteiger partial charge < -0.3 is 14.7 Å². The van der Waals surface area contributed by atoms with Crippen molar-refractivity contribution in [3.63, 3.8) is 0 Å². The number of carbonyl (C=O) groups excluding carboxylic acids is 2. The molecule has 6 nitrogen and oxygen atoms in total. The Labute approximate surface area is 166 Å². The van der Waals surface area contributed by atoms with Crippen LogP contribution in [0.1, 0.15) is 36.7 Å². The fourth-order valence-corrected chi connectivity index (χ4v) is 2.43. The average molecular weight is 378 g/mol. The molecule has 0 bridgehead atoms. The van der Waals surface area contributed by atoms with Gasteiger partial charge in [-0.1, -0.05) is 30.3 Å². The van der Waals surface area contributed by atoms with Crippen molar-refractivity contribution in [2.45, 2.75) is 38.8 Å². The number of rotatable bonds is 7. The van der Waals surface area contributed by atoms with Crippen LogP contribution in [-0.4, -0.2) is 37.9 Å². The molecule has 0 spiro atoms. The molecule has 0 saturated heterocycles. The number of aliphatic imine (C=N–C) groups is 1. The molecule has 0 heterocycles. The third kappa shape index (κ3) is 6.91. The van der Waals surface area contributed by atoms with Crippen LogP contribution >= 0.6 is 0 Å². The van der Waals surface area contributed by atoms with Crippen molar-refractivity contribution in [3.8, 4) is 5.75 Å². The Hall–Kier alpha value is -3.09. The monoisotopic (exact) mass is 378 g/mol. The molecule has 2 aromatic rings. The highest BCUT2D eigenvalue weighted by Gasteiger charge is 2.22. The Balaban J connectivity index is 2.04. The van der Waals surface area contributed by atoms with Gasteiger partial charge in [-0.3, -0.25) is 4.79 Å². The van der Waals surface area contributed by atoms with Crippen molar-refractivity contribution in [1.29, 1.82) is 0 Å². The molecule has 28 heavy (non-hydrogen) atoms. The van der Waals surface area contributed by atoms with E-state index in [1.54, 1.807) is 48.5 Å². The van der Waals surface area contributed by atoms with E-state index in [2.05, 4.69) is 15.0 Å². The molecule has 0 aliphatic carbocycles. The molecular weight excluding hydrogens is 355 g/mol. The second-order valence-electron chi connectivity index (χ2n) is 7.25. The van der Waals surface area contributed by atoms with E-state index in [4.69, 9.17) is 12.8 Å². The first kappa shape index (κ1) is 21.2. The van der Waals surface area contributed by atoms with Crippen LogP contribution in [0.25, 0.3) is 0 Å². The molecule has 1 amide bonds. The van der Waals surface area contributed by atoms with Gasteiger partial charge in [0.15, 0.2) is 6.40 Å². The summed E-state index contributed by atoms with van der Waals surface area (Å²) in [5.74, 6) is -0.247. The van der Waals surface area contributed by atoms with E-state index >= 15 is 0 Å². The number of nitrogens with zero attached hydrogens (tertiary/aromatic N) is 1. The van der Waals surface area contributed by atoms with Gasteiger partial charge in [0.05, 0.1) is 5.56 Å². The number of carbonyl (C=O) groups is 2. The molecule has 0 aliphatic rings. The summed E-state index contributed by atoms with van der Waals surface area (Å²) in [4.78, 5) is 28.6. The predicted molar refractivity (Wildman–Crippen MR) is 109 cm³/mol. The minimum atomic E-state index is -0.694. The number of hydrogen-bond acceptors (Lipinski definition) is 5.